The number of benzene rings is 2. The summed E-state index contributed by atoms with van der Waals surface area (Å²) in [5.41, 5.74) is -2.73. The number of Topliss-reactive ketones (excluding diaryl/α,β-unsaturated/α-hetero) is 1. The molecule has 2 atom stereocenters. The van der Waals surface area contributed by atoms with Crippen molar-refractivity contribution in [3.63, 3.8) is 0 Å². The summed E-state index contributed by atoms with van der Waals surface area (Å²) in [6.45, 7) is 3.13. The highest BCUT2D eigenvalue weighted by Gasteiger charge is 2.43. The zero-order chi connectivity index (χ0) is 30.8. The fraction of sp³-hybridized carbons (Fsp3) is 0.379. The van der Waals surface area contributed by atoms with Gasteiger partial charge in [-0.15, -0.1) is 11.8 Å². The highest BCUT2D eigenvalue weighted by Crippen LogP contribution is 2.49. The van der Waals surface area contributed by atoms with E-state index in [1.54, 1.807) is 4.90 Å². The first-order valence-corrected chi connectivity index (χ1v) is 14.5. The van der Waals surface area contributed by atoms with Gasteiger partial charge < -0.3 is 9.80 Å². The molecule has 0 radical (unpaired) electrons. The third-order valence-corrected chi connectivity index (χ3v) is 9.29. The maximum Gasteiger partial charge on any atom is 0.417 e. The molecule has 2 bridgehead atoms. The Morgan fingerprint density at radius 3 is 2.53 bits per heavy atom. The monoisotopic (exact) mass is 622 g/mol. The standard InChI is InChI=1S/C29H24F6N4O3S/c1-14(30)27(41)39-16-4-5-18(40)10-17(39)13-37(12-16)26-20-11-21(29(33,34)35)23(19-6-3-15(31)9-22(19)32)25-24(20)38(28(42)36-26)7-2-8-43-25/h3,6,9,11,16-17H,1-2,4-5,7-8,10,12-13H2. The predicted molar refractivity (Wildman–Crippen MR) is 147 cm³/mol. The number of aromatic nitrogens is 2. The molecule has 0 spiro atoms. The van der Waals surface area contributed by atoms with Gasteiger partial charge in [-0.25, -0.2) is 18.0 Å². The van der Waals surface area contributed by atoms with Crippen LogP contribution in [-0.2, 0) is 22.3 Å². The molecule has 226 valence electrons. The van der Waals surface area contributed by atoms with Crippen LogP contribution in [0.25, 0.3) is 22.0 Å². The summed E-state index contributed by atoms with van der Waals surface area (Å²) in [6, 6.07) is 1.64. The number of aryl methyl sites for hydroxylation is 1. The van der Waals surface area contributed by atoms with Gasteiger partial charge in [-0.3, -0.25) is 14.2 Å². The molecule has 14 heteroatoms. The van der Waals surface area contributed by atoms with Crippen molar-refractivity contribution in [2.75, 3.05) is 23.7 Å². The van der Waals surface area contributed by atoms with Crippen LogP contribution in [-0.4, -0.2) is 57.1 Å². The molecular formula is C29H24F6N4O3S. The molecule has 1 amide bonds. The van der Waals surface area contributed by atoms with Crippen LogP contribution in [0.5, 0.6) is 0 Å². The quantitative estimate of drug-likeness (QED) is 0.285. The van der Waals surface area contributed by atoms with Gasteiger partial charge in [0.25, 0.3) is 5.91 Å². The summed E-state index contributed by atoms with van der Waals surface area (Å²) in [6.07, 6.45) is -4.35. The van der Waals surface area contributed by atoms with Crippen molar-refractivity contribution in [3.05, 3.63) is 64.4 Å². The average molecular weight is 623 g/mol. The Bertz CT molecular complexity index is 1760. The molecule has 43 heavy (non-hydrogen) atoms. The smallest absolute Gasteiger partial charge is 0.352 e. The molecule has 4 heterocycles. The van der Waals surface area contributed by atoms with Crippen molar-refractivity contribution < 1.29 is 35.9 Å². The number of carbonyl (C=O) groups is 2. The number of nitrogens with zero attached hydrogens (tertiary/aromatic N) is 4. The third-order valence-electron chi connectivity index (χ3n) is 8.11. The first kappa shape index (κ1) is 29.3. The zero-order valence-corrected chi connectivity index (χ0v) is 23.3. The predicted octanol–water partition coefficient (Wildman–Crippen LogP) is 5.48. The van der Waals surface area contributed by atoms with Gasteiger partial charge >= 0.3 is 11.9 Å². The van der Waals surface area contributed by atoms with Crippen molar-refractivity contribution in [3.8, 4) is 11.1 Å². The van der Waals surface area contributed by atoms with Crippen molar-refractivity contribution in [2.24, 2.45) is 0 Å². The lowest BCUT2D eigenvalue weighted by Crippen LogP contribution is -2.60. The highest BCUT2D eigenvalue weighted by molar-refractivity contribution is 7.99. The maximum atomic E-state index is 15.1. The lowest BCUT2D eigenvalue weighted by molar-refractivity contribution is -0.137. The summed E-state index contributed by atoms with van der Waals surface area (Å²) in [5, 5.41) is -0.0136. The average Bonchev–Trinajstić information content (AvgIpc) is 3.21. The number of halogens is 6. The molecular weight excluding hydrogens is 598 g/mol. The van der Waals surface area contributed by atoms with E-state index in [1.807, 2.05) is 0 Å². The molecule has 1 aromatic heterocycles. The summed E-state index contributed by atoms with van der Waals surface area (Å²) >= 11 is 1.04. The normalized spacial score (nSPS) is 20.7. The van der Waals surface area contributed by atoms with Gasteiger partial charge in [0.2, 0.25) is 0 Å². The summed E-state index contributed by atoms with van der Waals surface area (Å²) in [7, 11) is 0. The molecule has 3 aromatic rings. The number of hydrogen-bond acceptors (Lipinski definition) is 6. The number of fused-ring (bicyclic) bond motifs is 2. The van der Waals surface area contributed by atoms with Gasteiger partial charge in [-0.2, -0.15) is 18.2 Å². The second-order valence-electron chi connectivity index (χ2n) is 10.8. The van der Waals surface area contributed by atoms with E-state index in [0.29, 0.717) is 18.2 Å². The minimum absolute atomic E-state index is 0.0136. The number of amides is 1. The molecule has 2 aromatic carbocycles. The zero-order valence-electron chi connectivity index (χ0n) is 22.5. The Morgan fingerprint density at radius 2 is 1.84 bits per heavy atom. The molecule has 6 rings (SSSR count). The van der Waals surface area contributed by atoms with E-state index < -0.39 is 64.0 Å². The largest absolute Gasteiger partial charge is 0.417 e. The van der Waals surface area contributed by atoms with Gasteiger partial charge in [-0.1, -0.05) is 6.58 Å². The molecule has 0 saturated carbocycles. The highest BCUT2D eigenvalue weighted by atomic mass is 32.2. The van der Waals surface area contributed by atoms with E-state index in [1.165, 1.54) is 9.47 Å². The SMILES string of the molecule is C=C(F)C(=O)N1C2CCC(=O)CC1CN(c1nc(=O)n3c4c(c(-c5ccc(F)cc5F)c(C(F)(F)F)cc14)SCCC3)C2. The molecule has 7 nitrogen and oxygen atoms in total. The maximum absolute atomic E-state index is 15.1. The first-order valence-electron chi connectivity index (χ1n) is 13.6. The first-order chi connectivity index (χ1) is 20.3. The van der Waals surface area contributed by atoms with E-state index in [-0.39, 0.29) is 66.3 Å². The fourth-order valence-electron chi connectivity index (χ4n) is 6.35. The van der Waals surface area contributed by atoms with Gasteiger partial charge in [0.1, 0.15) is 23.2 Å². The Hall–Kier alpha value is -3.81. The summed E-state index contributed by atoms with van der Waals surface area (Å²) in [5.74, 6) is -4.20. The van der Waals surface area contributed by atoms with E-state index in [2.05, 4.69) is 11.6 Å². The second kappa shape index (κ2) is 10.7. The minimum Gasteiger partial charge on any atom is -0.352 e. The van der Waals surface area contributed by atoms with Gasteiger partial charge in [0.05, 0.1) is 23.2 Å². The third kappa shape index (κ3) is 5.08. The number of ketones is 1. The van der Waals surface area contributed by atoms with E-state index in [0.717, 1.165) is 30.0 Å². The van der Waals surface area contributed by atoms with Crippen LogP contribution >= 0.6 is 11.8 Å². The molecule has 3 aliphatic heterocycles. The number of hydrogen-bond donors (Lipinski definition) is 0. The van der Waals surface area contributed by atoms with E-state index in [9.17, 15) is 36.3 Å². The molecule has 2 fully saturated rings. The lowest BCUT2D eigenvalue weighted by atomic mass is 9.95. The van der Waals surface area contributed by atoms with Crippen molar-refractivity contribution >= 4 is 40.2 Å². The lowest BCUT2D eigenvalue weighted by Gasteiger charge is -2.46. The number of alkyl halides is 3. The Balaban J connectivity index is 1.61. The minimum atomic E-state index is -4.97. The van der Waals surface area contributed by atoms with Crippen LogP contribution in [0.1, 0.15) is 31.2 Å². The molecule has 3 aliphatic rings. The van der Waals surface area contributed by atoms with Crippen LogP contribution in [0.15, 0.2) is 46.4 Å². The van der Waals surface area contributed by atoms with Crippen LogP contribution < -0.4 is 10.6 Å². The molecule has 2 unspecified atom stereocenters. The van der Waals surface area contributed by atoms with Crippen LogP contribution in [0.4, 0.5) is 32.2 Å². The van der Waals surface area contributed by atoms with Gasteiger partial charge in [0.15, 0.2) is 5.83 Å². The second-order valence-corrected chi connectivity index (χ2v) is 11.9. The number of carbonyl (C=O) groups excluding carboxylic acids is 2. The summed E-state index contributed by atoms with van der Waals surface area (Å²) in [4.78, 5) is 45.7. The Kier molecular flexibility index (Phi) is 7.30. The van der Waals surface area contributed by atoms with Crippen molar-refractivity contribution in [1.29, 1.82) is 0 Å². The number of thioether (sulfide) groups is 1. The van der Waals surface area contributed by atoms with Gasteiger partial charge in [-0.05, 0) is 36.8 Å². The van der Waals surface area contributed by atoms with Crippen LogP contribution in [0.2, 0.25) is 0 Å². The van der Waals surface area contributed by atoms with Crippen LogP contribution in [0, 0.1) is 11.6 Å². The fourth-order valence-corrected chi connectivity index (χ4v) is 7.55. The van der Waals surface area contributed by atoms with E-state index >= 15 is 4.39 Å². The topological polar surface area (TPSA) is 75.5 Å². The molecule has 0 aliphatic carbocycles. The van der Waals surface area contributed by atoms with Crippen molar-refractivity contribution in [1.82, 2.24) is 14.5 Å². The Morgan fingerprint density at radius 1 is 1.09 bits per heavy atom. The van der Waals surface area contributed by atoms with Crippen LogP contribution in [0.3, 0.4) is 0 Å². The van der Waals surface area contributed by atoms with Gasteiger partial charge in [0, 0.05) is 60.0 Å². The molecule has 2 saturated heterocycles. The number of piperazine rings is 1. The van der Waals surface area contributed by atoms with E-state index in [4.69, 9.17) is 0 Å². The number of rotatable bonds is 3. The Labute approximate surface area is 245 Å². The molecule has 0 N–H and O–H groups in total. The summed E-state index contributed by atoms with van der Waals surface area (Å²) < 4.78 is 88.2. The number of anilines is 1. The van der Waals surface area contributed by atoms with Crippen molar-refractivity contribution in [2.45, 2.75) is 55.4 Å².